The van der Waals surface area contributed by atoms with Crippen LogP contribution < -0.4 is 0 Å². The maximum atomic E-state index is 5.72. The van der Waals surface area contributed by atoms with E-state index < -0.39 is 0 Å². The summed E-state index contributed by atoms with van der Waals surface area (Å²) < 4.78 is 9.27. The van der Waals surface area contributed by atoms with Gasteiger partial charge in [0.25, 0.3) is 0 Å². The van der Waals surface area contributed by atoms with Gasteiger partial charge in [-0.2, -0.15) is 15.0 Å². The van der Waals surface area contributed by atoms with Gasteiger partial charge in [0.05, 0.1) is 44.1 Å². The Kier molecular flexibility index (Phi) is 9.13. The summed E-state index contributed by atoms with van der Waals surface area (Å²) in [6, 6.07) is 73.3. The highest BCUT2D eigenvalue weighted by molar-refractivity contribution is 6.25. The summed E-state index contributed by atoms with van der Waals surface area (Å²) in [5.74, 6) is 1.58. The molecule has 0 bridgehead atoms. The lowest BCUT2D eigenvalue weighted by molar-refractivity contribution is 0.893. The van der Waals surface area contributed by atoms with Gasteiger partial charge in [-0.1, -0.05) is 189 Å². The van der Waals surface area contributed by atoms with E-state index in [0.717, 1.165) is 110 Å². The number of benzene rings is 9. The fraction of sp³-hybridized carbons (Fsp3) is 0.0156. The van der Waals surface area contributed by atoms with Crippen molar-refractivity contribution in [2.75, 3.05) is 0 Å². The first kappa shape index (κ1) is 40.5. The fourth-order valence-electron chi connectivity index (χ4n) is 11.1. The van der Waals surface area contributed by atoms with Gasteiger partial charge in [0.1, 0.15) is 0 Å². The van der Waals surface area contributed by atoms with E-state index in [1.54, 1.807) is 0 Å². The monoisotopic (exact) mass is 909 g/mol. The average Bonchev–Trinajstić information content (AvgIpc) is 4.17. The second kappa shape index (κ2) is 16.0. The van der Waals surface area contributed by atoms with E-state index in [4.69, 9.17) is 15.0 Å². The Balaban J connectivity index is 1.15. The van der Waals surface area contributed by atoms with E-state index >= 15 is 0 Å². The standard InChI is InChI=1S/C64H43N7/c1-3-5-22-44(4-2)68-54-29-16-12-25-46(54)50-37-39-52-48-27-14-18-31-56(48)70(60(52)58(50)68)63-65-62(43-35-33-42(34-36-43)41-20-8-6-9-21-41)66-64(67-63)71-57-32-19-15-28-49(57)53-40-38-51-47-26-13-17-30-55(47)69(59(51)61(53)71)45-23-10-7-11-24-45/h3-40H,2H2,1H3/b5-3-,44-22+. The quantitative estimate of drug-likeness (QED) is 0.143. The fourth-order valence-corrected chi connectivity index (χ4v) is 11.1. The molecule has 334 valence electrons. The lowest BCUT2D eigenvalue weighted by Gasteiger charge is -2.15. The minimum atomic E-state index is 0.506. The van der Waals surface area contributed by atoms with Crippen molar-refractivity contribution in [3.8, 4) is 40.1 Å². The predicted molar refractivity (Wildman–Crippen MR) is 296 cm³/mol. The lowest BCUT2D eigenvalue weighted by Crippen LogP contribution is -2.11. The molecule has 0 N–H and O–H groups in total. The first-order valence-electron chi connectivity index (χ1n) is 24.0. The largest absolute Gasteiger partial charge is 0.307 e. The molecule has 5 aromatic heterocycles. The van der Waals surface area contributed by atoms with Gasteiger partial charge in [-0.3, -0.25) is 9.13 Å². The van der Waals surface area contributed by atoms with Crippen LogP contribution in [0.15, 0.2) is 237 Å². The van der Waals surface area contributed by atoms with E-state index in [2.05, 4.69) is 237 Å². The summed E-state index contributed by atoms with van der Waals surface area (Å²) in [5, 5.41) is 8.99. The zero-order valence-corrected chi connectivity index (χ0v) is 38.8. The van der Waals surface area contributed by atoms with Gasteiger partial charge >= 0.3 is 0 Å². The number of nitrogens with zero attached hydrogens (tertiary/aromatic N) is 7. The molecule has 0 radical (unpaired) electrons. The Hall–Kier alpha value is -9.59. The third-order valence-electron chi connectivity index (χ3n) is 14.1. The molecule has 0 aliphatic carbocycles. The van der Waals surface area contributed by atoms with Gasteiger partial charge in [-0.25, -0.2) is 0 Å². The van der Waals surface area contributed by atoms with E-state index in [0.29, 0.717) is 17.7 Å². The molecule has 0 atom stereocenters. The van der Waals surface area contributed by atoms with Crippen LogP contribution in [0.3, 0.4) is 0 Å². The Morgan fingerprint density at radius 2 is 0.789 bits per heavy atom. The second-order valence-electron chi connectivity index (χ2n) is 18.0. The SMILES string of the molecule is C=C/C(=C\C=C/C)n1c2ccccc2c2ccc3c4ccccc4n(-c4nc(-c5ccc(-c6ccccc6)cc5)nc(-n5c6ccccc6c6ccc7c8ccccc8n(-c8ccccc8)c7c65)n4)c3c21. The molecule has 7 nitrogen and oxygen atoms in total. The van der Waals surface area contributed by atoms with Crippen molar-refractivity contribution in [1.29, 1.82) is 0 Å². The minimum Gasteiger partial charge on any atom is -0.307 e. The molecule has 14 rings (SSSR count). The summed E-state index contributed by atoms with van der Waals surface area (Å²) in [6.45, 7) is 6.38. The molecule has 0 aliphatic rings. The number of hydrogen-bond acceptors (Lipinski definition) is 3. The van der Waals surface area contributed by atoms with Crippen molar-refractivity contribution < 1.29 is 0 Å². The van der Waals surface area contributed by atoms with Crippen LogP contribution in [0.1, 0.15) is 6.92 Å². The van der Waals surface area contributed by atoms with Crippen molar-refractivity contribution in [3.05, 3.63) is 237 Å². The van der Waals surface area contributed by atoms with Gasteiger partial charge < -0.3 is 9.13 Å². The van der Waals surface area contributed by atoms with Crippen molar-refractivity contribution in [3.63, 3.8) is 0 Å². The van der Waals surface area contributed by atoms with Gasteiger partial charge in [-0.15, -0.1) is 0 Å². The molecule has 0 unspecified atom stereocenters. The minimum absolute atomic E-state index is 0.506. The third-order valence-corrected chi connectivity index (χ3v) is 14.1. The molecule has 0 fully saturated rings. The topological polar surface area (TPSA) is 58.4 Å². The number of hydrogen-bond donors (Lipinski definition) is 0. The van der Waals surface area contributed by atoms with Crippen LogP contribution in [0.25, 0.3) is 133 Å². The molecule has 0 saturated carbocycles. The van der Waals surface area contributed by atoms with E-state index in [9.17, 15) is 0 Å². The first-order chi connectivity index (χ1) is 35.2. The number of aromatic nitrogens is 7. The zero-order valence-electron chi connectivity index (χ0n) is 38.8. The van der Waals surface area contributed by atoms with Crippen LogP contribution in [0.4, 0.5) is 0 Å². The number of fused-ring (bicyclic) bond motifs is 14. The third kappa shape index (κ3) is 6.06. The highest BCUT2D eigenvalue weighted by Crippen LogP contribution is 2.44. The molecule has 5 heterocycles. The molecule has 7 heteroatoms. The van der Waals surface area contributed by atoms with Crippen molar-refractivity contribution in [2.24, 2.45) is 0 Å². The molecule has 71 heavy (non-hydrogen) atoms. The summed E-state index contributed by atoms with van der Waals surface area (Å²) in [4.78, 5) is 16.8. The maximum absolute atomic E-state index is 5.72. The molecular weight excluding hydrogens is 867 g/mol. The van der Waals surface area contributed by atoms with Crippen molar-refractivity contribution >= 4 is 92.9 Å². The Bertz CT molecular complexity index is 4520. The summed E-state index contributed by atoms with van der Waals surface area (Å²) in [6.07, 6.45) is 8.18. The summed E-state index contributed by atoms with van der Waals surface area (Å²) in [7, 11) is 0. The first-order valence-corrected chi connectivity index (χ1v) is 24.0. The Morgan fingerprint density at radius 1 is 0.380 bits per heavy atom. The molecule has 0 spiro atoms. The normalized spacial score (nSPS) is 12.4. The summed E-state index contributed by atoms with van der Waals surface area (Å²) >= 11 is 0. The predicted octanol–water partition coefficient (Wildman–Crippen LogP) is 16.2. The lowest BCUT2D eigenvalue weighted by atomic mass is 10.0. The van der Waals surface area contributed by atoms with Gasteiger partial charge in [0.15, 0.2) is 5.82 Å². The Labute approximate surface area is 408 Å². The number of allylic oxidation sites excluding steroid dienone is 5. The highest BCUT2D eigenvalue weighted by atomic mass is 15.3. The van der Waals surface area contributed by atoms with E-state index in [-0.39, 0.29) is 0 Å². The maximum Gasteiger partial charge on any atom is 0.240 e. The van der Waals surface area contributed by atoms with E-state index in [1.807, 2.05) is 25.1 Å². The van der Waals surface area contributed by atoms with Crippen LogP contribution in [0, 0.1) is 0 Å². The molecule has 9 aromatic carbocycles. The number of rotatable bonds is 8. The average molecular weight is 910 g/mol. The van der Waals surface area contributed by atoms with Crippen molar-refractivity contribution in [2.45, 2.75) is 6.92 Å². The molecule has 0 saturated heterocycles. The van der Waals surface area contributed by atoms with Crippen molar-refractivity contribution in [1.82, 2.24) is 33.2 Å². The second-order valence-corrected chi connectivity index (χ2v) is 18.0. The van der Waals surface area contributed by atoms with Gasteiger partial charge in [0.2, 0.25) is 11.9 Å². The van der Waals surface area contributed by atoms with Crippen LogP contribution in [0.2, 0.25) is 0 Å². The molecule has 0 amide bonds. The van der Waals surface area contributed by atoms with Crippen LogP contribution in [-0.4, -0.2) is 33.2 Å². The van der Waals surface area contributed by atoms with E-state index in [1.165, 1.54) is 5.39 Å². The van der Waals surface area contributed by atoms with Gasteiger partial charge in [0, 0.05) is 60.0 Å². The Morgan fingerprint density at radius 3 is 1.32 bits per heavy atom. The number of para-hydroxylation sites is 5. The van der Waals surface area contributed by atoms with Crippen LogP contribution in [-0.2, 0) is 0 Å². The van der Waals surface area contributed by atoms with Gasteiger partial charge in [-0.05, 0) is 66.6 Å². The summed E-state index contributed by atoms with van der Waals surface area (Å²) in [5.41, 5.74) is 13.5. The smallest absolute Gasteiger partial charge is 0.240 e. The van der Waals surface area contributed by atoms with Crippen LogP contribution >= 0.6 is 0 Å². The molecule has 0 aliphatic heterocycles. The zero-order chi connectivity index (χ0) is 47.2. The molecule has 14 aromatic rings. The van der Waals surface area contributed by atoms with Crippen LogP contribution in [0.5, 0.6) is 0 Å². The highest BCUT2D eigenvalue weighted by Gasteiger charge is 2.26. The molecular formula is C64H43N7.